The van der Waals surface area contributed by atoms with E-state index in [9.17, 15) is 4.79 Å². The van der Waals surface area contributed by atoms with Gasteiger partial charge in [0, 0.05) is 43.6 Å². The van der Waals surface area contributed by atoms with Crippen LogP contribution in [0.25, 0.3) is 0 Å². The maximum absolute atomic E-state index is 12.3. The molecule has 1 aliphatic heterocycles. The van der Waals surface area contributed by atoms with Crippen LogP contribution in [0, 0.1) is 6.92 Å². The van der Waals surface area contributed by atoms with E-state index in [-0.39, 0.29) is 11.8 Å². The lowest BCUT2D eigenvalue weighted by Crippen LogP contribution is -2.16. The number of nitrogens with one attached hydrogen (secondary N) is 1. The zero-order valence-corrected chi connectivity index (χ0v) is 16.0. The number of fused-ring (bicyclic) bond motifs is 1. The Balaban J connectivity index is 1.47. The summed E-state index contributed by atoms with van der Waals surface area (Å²) in [4.78, 5) is 23.2. The van der Waals surface area contributed by atoms with Crippen molar-refractivity contribution in [3.8, 4) is 0 Å². The van der Waals surface area contributed by atoms with Gasteiger partial charge < -0.3 is 10.2 Å². The molecular weight excluding hydrogens is 348 g/mol. The number of benzene rings is 2. The highest BCUT2D eigenvalue weighted by Gasteiger charge is 2.30. The van der Waals surface area contributed by atoms with Gasteiger partial charge in [0.1, 0.15) is 5.92 Å². The van der Waals surface area contributed by atoms with Crippen LogP contribution >= 0.6 is 0 Å². The van der Waals surface area contributed by atoms with Gasteiger partial charge in [0.2, 0.25) is 5.91 Å². The smallest absolute Gasteiger partial charge is 0.237 e. The second-order valence-corrected chi connectivity index (χ2v) is 7.01. The fourth-order valence-corrected chi connectivity index (χ4v) is 3.50. The van der Waals surface area contributed by atoms with Crippen LogP contribution in [-0.2, 0) is 11.3 Å². The average Bonchev–Trinajstić information content (AvgIpc) is 3.04. The predicted molar refractivity (Wildman–Crippen MR) is 113 cm³/mol. The molecule has 0 radical (unpaired) electrons. The number of hydrogen-bond donors (Lipinski definition) is 1. The Labute approximate surface area is 164 Å². The van der Waals surface area contributed by atoms with Gasteiger partial charge in [-0.25, -0.2) is 0 Å². The highest BCUT2D eigenvalue weighted by molar-refractivity contribution is 6.13. The Hall–Kier alpha value is -3.47. The highest BCUT2D eigenvalue weighted by Crippen LogP contribution is 2.34. The molecule has 0 bridgehead atoms. The van der Waals surface area contributed by atoms with Gasteiger partial charge in [-0.1, -0.05) is 18.2 Å². The summed E-state index contributed by atoms with van der Waals surface area (Å²) in [5.41, 5.74) is 6.09. The highest BCUT2D eigenvalue weighted by atomic mass is 16.2. The van der Waals surface area contributed by atoms with Gasteiger partial charge in [-0.3, -0.25) is 14.8 Å². The second kappa shape index (κ2) is 7.64. The summed E-state index contributed by atoms with van der Waals surface area (Å²) < 4.78 is 0. The fraction of sp³-hybridized carbons (Fsp3) is 0.174. The Morgan fingerprint density at radius 1 is 1.14 bits per heavy atom. The summed E-state index contributed by atoms with van der Waals surface area (Å²) in [6, 6.07) is 17.9. The van der Waals surface area contributed by atoms with Gasteiger partial charge in [0.15, 0.2) is 0 Å². The largest absolute Gasteiger partial charge is 0.370 e. The minimum absolute atomic E-state index is 0.0270. The molecule has 0 saturated heterocycles. The zero-order chi connectivity index (χ0) is 19.5. The van der Waals surface area contributed by atoms with Gasteiger partial charge in [0.25, 0.3) is 0 Å². The van der Waals surface area contributed by atoms with Crippen LogP contribution in [0.5, 0.6) is 0 Å². The number of hydrogen-bond acceptors (Lipinski definition) is 4. The second-order valence-electron chi connectivity index (χ2n) is 7.01. The summed E-state index contributed by atoms with van der Waals surface area (Å²) in [6.07, 6.45) is 5.39. The lowest BCUT2D eigenvalue weighted by molar-refractivity contribution is -0.115. The summed E-state index contributed by atoms with van der Waals surface area (Å²) in [5, 5.41) is 2.93. The Bertz CT molecular complexity index is 1010. The lowest BCUT2D eigenvalue weighted by atomic mass is 9.97. The monoisotopic (exact) mass is 370 g/mol. The number of anilines is 2. The zero-order valence-electron chi connectivity index (χ0n) is 16.0. The van der Waals surface area contributed by atoms with Gasteiger partial charge >= 0.3 is 0 Å². The van der Waals surface area contributed by atoms with Crippen molar-refractivity contribution in [1.82, 2.24) is 4.98 Å². The van der Waals surface area contributed by atoms with Crippen LogP contribution in [0.15, 0.2) is 72.0 Å². The molecular formula is C23H22N4O. The summed E-state index contributed by atoms with van der Waals surface area (Å²) in [6.45, 7) is 2.81. The number of aliphatic imine (C=N–C) groups is 1. The number of amides is 1. The van der Waals surface area contributed by atoms with Crippen LogP contribution in [0.3, 0.4) is 0 Å². The summed E-state index contributed by atoms with van der Waals surface area (Å²) in [7, 11) is 2.05. The van der Waals surface area contributed by atoms with Gasteiger partial charge in [-0.05, 0) is 60.0 Å². The number of pyridine rings is 1. The minimum atomic E-state index is -0.343. The van der Waals surface area contributed by atoms with Crippen molar-refractivity contribution in [1.29, 1.82) is 0 Å². The van der Waals surface area contributed by atoms with Gasteiger partial charge in [-0.2, -0.15) is 0 Å². The molecule has 0 fully saturated rings. The van der Waals surface area contributed by atoms with Crippen LogP contribution in [0.1, 0.15) is 22.6 Å². The van der Waals surface area contributed by atoms with E-state index in [1.807, 2.05) is 68.7 Å². The molecule has 5 heteroatoms. The summed E-state index contributed by atoms with van der Waals surface area (Å²) >= 11 is 0. The van der Waals surface area contributed by atoms with E-state index >= 15 is 0 Å². The van der Waals surface area contributed by atoms with Crippen molar-refractivity contribution >= 4 is 29.2 Å². The normalized spacial score (nSPS) is 15.5. The molecule has 0 spiro atoms. The Kier molecular flexibility index (Phi) is 4.89. The average molecular weight is 370 g/mol. The minimum Gasteiger partial charge on any atom is -0.370 e. The van der Waals surface area contributed by atoms with E-state index in [1.165, 1.54) is 0 Å². The Morgan fingerprint density at radius 2 is 1.96 bits per heavy atom. The first-order valence-corrected chi connectivity index (χ1v) is 9.26. The molecule has 28 heavy (non-hydrogen) atoms. The van der Waals surface area contributed by atoms with Crippen molar-refractivity contribution in [2.75, 3.05) is 17.3 Å². The molecule has 1 aromatic heterocycles. The van der Waals surface area contributed by atoms with Crippen molar-refractivity contribution in [2.24, 2.45) is 4.99 Å². The number of rotatable bonds is 5. The van der Waals surface area contributed by atoms with E-state index in [2.05, 4.69) is 26.3 Å². The third-order valence-electron chi connectivity index (χ3n) is 4.98. The lowest BCUT2D eigenvalue weighted by Gasteiger charge is -2.19. The first kappa shape index (κ1) is 17.9. The van der Waals surface area contributed by atoms with Crippen molar-refractivity contribution in [2.45, 2.75) is 19.4 Å². The van der Waals surface area contributed by atoms with E-state index in [0.717, 1.165) is 40.3 Å². The van der Waals surface area contributed by atoms with E-state index in [4.69, 9.17) is 0 Å². The van der Waals surface area contributed by atoms with E-state index < -0.39 is 0 Å². The first-order chi connectivity index (χ1) is 13.6. The predicted octanol–water partition coefficient (Wildman–Crippen LogP) is 4.46. The molecule has 2 aromatic carbocycles. The molecule has 2 heterocycles. The van der Waals surface area contributed by atoms with Crippen LogP contribution < -0.4 is 10.2 Å². The molecule has 1 atom stereocenters. The van der Waals surface area contributed by atoms with Crippen LogP contribution in [0.4, 0.5) is 17.1 Å². The van der Waals surface area contributed by atoms with Crippen molar-refractivity contribution < 1.29 is 4.79 Å². The molecule has 1 N–H and O–H groups in total. The Morgan fingerprint density at radius 3 is 2.71 bits per heavy atom. The number of nitrogens with zero attached hydrogens (tertiary/aromatic N) is 3. The van der Waals surface area contributed by atoms with Gasteiger partial charge in [-0.15, -0.1) is 0 Å². The topological polar surface area (TPSA) is 57.6 Å². The molecule has 1 aliphatic rings. The fourth-order valence-electron chi connectivity index (χ4n) is 3.50. The summed E-state index contributed by atoms with van der Waals surface area (Å²) in [5.74, 6) is -0.370. The maximum atomic E-state index is 12.3. The van der Waals surface area contributed by atoms with E-state index in [0.29, 0.717) is 0 Å². The molecule has 3 aromatic rings. The number of carbonyl (C=O) groups excluding carboxylic acids is 1. The standard InChI is InChI=1S/C23H22N4O/c1-16-5-3-7-21-22(16)20(23(28)26-21)14-25-18-8-10-19(11-9-18)27(2)15-17-6-4-12-24-13-17/h3-14,20H,15H2,1-2H3,(H,26,28). The molecule has 1 unspecified atom stereocenters. The van der Waals surface area contributed by atoms with E-state index in [1.54, 1.807) is 12.4 Å². The van der Waals surface area contributed by atoms with Crippen molar-refractivity contribution in [3.05, 3.63) is 83.7 Å². The molecule has 5 nitrogen and oxygen atoms in total. The number of aryl methyl sites for hydroxylation is 1. The first-order valence-electron chi connectivity index (χ1n) is 9.26. The molecule has 140 valence electrons. The third kappa shape index (κ3) is 3.64. The maximum Gasteiger partial charge on any atom is 0.237 e. The number of carbonyl (C=O) groups is 1. The van der Waals surface area contributed by atoms with Crippen molar-refractivity contribution in [3.63, 3.8) is 0 Å². The molecule has 4 rings (SSSR count). The third-order valence-corrected chi connectivity index (χ3v) is 4.98. The molecule has 0 aliphatic carbocycles. The quantitative estimate of drug-likeness (QED) is 0.675. The van der Waals surface area contributed by atoms with Gasteiger partial charge in [0.05, 0.1) is 5.69 Å². The van der Waals surface area contributed by atoms with Crippen LogP contribution in [0.2, 0.25) is 0 Å². The van der Waals surface area contributed by atoms with Crippen LogP contribution in [-0.4, -0.2) is 24.2 Å². The molecule has 1 amide bonds. The number of aromatic nitrogens is 1. The molecule has 0 saturated carbocycles. The SMILES string of the molecule is Cc1cccc2c1C(C=Nc1ccc(N(C)Cc3cccnc3)cc1)C(=O)N2.